The van der Waals surface area contributed by atoms with Crippen molar-refractivity contribution in [3.63, 3.8) is 0 Å². The van der Waals surface area contributed by atoms with Gasteiger partial charge in [-0.15, -0.1) is 0 Å². The van der Waals surface area contributed by atoms with Crippen LogP contribution in [0.1, 0.15) is 0 Å². The lowest BCUT2D eigenvalue weighted by Gasteiger charge is -2.15. The van der Waals surface area contributed by atoms with Crippen LogP contribution in [-0.4, -0.2) is 9.97 Å². The van der Waals surface area contributed by atoms with Crippen LogP contribution in [0, 0.1) is 0 Å². The number of aromatic nitrogens is 2. The van der Waals surface area contributed by atoms with Crippen molar-refractivity contribution in [3.05, 3.63) is 218 Å². The van der Waals surface area contributed by atoms with E-state index in [-0.39, 0.29) is 0 Å². The second kappa shape index (κ2) is 14.6. The molecule has 0 saturated carbocycles. The van der Waals surface area contributed by atoms with E-state index in [1.807, 2.05) is 30.3 Å². The van der Waals surface area contributed by atoms with Crippen LogP contribution in [0.5, 0.6) is 0 Å². The van der Waals surface area contributed by atoms with Gasteiger partial charge < -0.3 is 4.42 Å². The van der Waals surface area contributed by atoms with Crippen molar-refractivity contribution in [1.82, 2.24) is 9.97 Å². The van der Waals surface area contributed by atoms with Crippen LogP contribution in [0.25, 0.3) is 111 Å². The van der Waals surface area contributed by atoms with Gasteiger partial charge in [0.2, 0.25) is 0 Å². The molecular weight excluding hydrogens is 717 g/mol. The predicted molar refractivity (Wildman–Crippen MR) is 245 cm³/mol. The van der Waals surface area contributed by atoms with Crippen LogP contribution in [-0.2, 0) is 0 Å². The van der Waals surface area contributed by atoms with E-state index in [2.05, 4.69) is 188 Å². The molecule has 0 saturated heterocycles. The van der Waals surface area contributed by atoms with E-state index in [1.165, 1.54) is 27.6 Å². The first-order valence-electron chi connectivity index (χ1n) is 20.0. The van der Waals surface area contributed by atoms with E-state index < -0.39 is 0 Å². The summed E-state index contributed by atoms with van der Waals surface area (Å²) in [4.78, 5) is 10.6. The average Bonchev–Trinajstić information content (AvgIpc) is 3.70. The first kappa shape index (κ1) is 34.4. The Balaban J connectivity index is 1.12. The lowest BCUT2D eigenvalue weighted by molar-refractivity contribution is 0.669. The van der Waals surface area contributed by atoms with Crippen molar-refractivity contribution >= 4 is 32.7 Å². The maximum absolute atomic E-state index is 6.23. The summed E-state index contributed by atoms with van der Waals surface area (Å²) in [6.07, 6.45) is 0. The molecule has 0 N–H and O–H groups in total. The second-order valence-corrected chi connectivity index (χ2v) is 15.0. The molecule has 11 aromatic rings. The number of benzene rings is 9. The van der Waals surface area contributed by atoms with Gasteiger partial charge in [0.05, 0.1) is 11.4 Å². The van der Waals surface area contributed by atoms with Crippen molar-refractivity contribution in [1.29, 1.82) is 0 Å². The lowest BCUT2D eigenvalue weighted by atomic mass is 9.92. The molecule has 9 aromatic carbocycles. The van der Waals surface area contributed by atoms with Gasteiger partial charge in [-0.05, 0) is 97.7 Å². The van der Waals surface area contributed by atoms with Crippen molar-refractivity contribution in [3.8, 4) is 78.4 Å². The van der Waals surface area contributed by atoms with E-state index in [0.717, 1.165) is 77.7 Å². The Labute approximate surface area is 342 Å². The molecule has 59 heavy (non-hydrogen) atoms. The average molecular weight is 753 g/mol. The first-order chi connectivity index (χ1) is 29.2. The van der Waals surface area contributed by atoms with Crippen molar-refractivity contribution in [2.45, 2.75) is 0 Å². The third-order valence-electron chi connectivity index (χ3n) is 11.3. The normalized spacial score (nSPS) is 11.4. The van der Waals surface area contributed by atoms with Crippen molar-refractivity contribution < 1.29 is 4.42 Å². The second-order valence-electron chi connectivity index (χ2n) is 15.0. The molecule has 0 spiro atoms. The van der Waals surface area contributed by atoms with Crippen LogP contribution in [0.4, 0.5) is 0 Å². The lowest BCUT2D eigenvalue weighted by Crippen LogP contribution is -1.97. The summed E-state index contributed by atoms with van der Waals surface area (Å²) in [5.41, 5.74) is 15.7. The van der Waals surface area contributed by atoms with Gasteiger partial charge in [0.25, 0.3) is 0 Å². The van der Waals surface area contributed by atoms with E-state index in [9.17, 15) is 0 Å². The van der Waals surface area contributed by atoms with Gasteiger partial charge in [0, 0.05) is 27.5 Å². The largest absolute Gasteiger partial charge is 0.456 e. The Morgan fingerprint density at radius 3 is 1.44 bits per heavy atom. The number of para-hydroxylation sites is 1. The zero-order valence-corrected chi connectivity index (χ0v) is 32.1. The molecule has 0 aliphatic carbocycles. The molecule has 2 heterocycles. The van der Waals surface area contributed by atoms with Crippen LogP contribution < -0.4 is 0 Å². The summed E-state index contributed by atoms with van der Waals surface area (Å²) in [7, 11) is 0. The molecule has 0 fully saturated rings. The van der Waals surface area contributed by atoms with Crippen LogP contribution in [0.2, 0.25) is 0 Å². The van der Waals surface area contributed by atoms with E-state index in [4.69, 9.17) is 14.4 Å². The minimum Gasteiger partial charge on any atom is -0.456 e. The molecule has 0 aliphatic heterocycles. The Kier molecular flexibility index (Phi) is 8.49. The molecule has 3 heteroatoms. The highest BCUT2D eigenvalue weighted by atomic mass is 16.3. The maximum atomic E-state index is 6.23. The molecule has 0 radical (unpaired) electrons. The zero-order chi connectivity index (χ0) is 39.1. The Hall–Kier alpha value is -7.88. The smallest absolute Gasteiger partial charge is 0.160 e. The highest BCUT2D eigenvalue weighted by molar-refractivity contribution is 6.07. The quantitative estimate of drug-likeness (QED) is 0.163. The van der Waals surface area contributed by atoms with E-state index in [1.54, 1.807) is 0 Å². The Morgan fingerprint density at radius 2 is 0.729 bits per heavy atom. The van der Waals surface area contributed by atoms with Gasteiger partial charge in [0.15, 0.2) is 5.82 Å². The monoisotopic (exact) mass is 752 g/mol. The molecule has 11 rings (SSSR count). The Bertz CT molecular complexity index is 3300. The molecule has 0 amide bonds. The van der Waals surface area contributed by atoms with Gasteiger partial charge in [0.1, 0.15) is 11.2 Å². The van der Waals surface area contributed by atoms with Gasteiger partial charge in [-0.1, -0.05) is 176 Å². The number of hydrogen-bond donors (Lipinski definition) is 0. The third kappa shape index (κ3) is 6.45. The standard InChI is InChI=1S/C56H36N2O/c1-4-14-37(15-5-1)38-24-26-39(27-25-38)43-32-44(42-28-31-55-51(35-42)50-22-12-13-23-54(50)59-55)34-45(33-43)52-36-53(58-56(57-52)41-18-8-3-9-19-41)49-30-29-46(40-16-6-2-7-17-40)47-20-10-11-21-48(47)49/h1-36H. The Morgan fingerprint density at radius 1 is 0.254 bits per heavy atom. The minimum atomic E-state index is 0.680. The fourth-order valence-electron chi connectivity index (χ4n) is 8.34. The van der Waals surface area contributed by atoms with Crippen LogP contribution >= 0.6 is 0 Å². The van der Waals surface area contributed by atoms with E-state index in [0.29, 0.717) is 5.82 Å². The topological polar surface area (TPSA) is 38.9 Å². The molecule has 0 unspecified atom stereocenters. The summed E-state index contributed by atoms with van der Waals surface area (Å²) in [6.45, 7) is 0. The number of nitrogens with zero attached hydrogens (tertiary/aromatic N) is 2. The SMILES string of the molecule is c1ccc(-c2ccc(-c3cc(-c4ccc5oc6ccccc6c5c4)cc(-c4cc(-c5ccc(-c6ccccc6)c6ccccc56)nc(-c5ccccc5)n4)c3)cc2)cc1. The highest BCUT2D eigenvalue weighted by Gasteiger charge is 2.17. The van der Waals surface area contributed by atoms with Crippen molar-refractivity contribution in [2.24, 2.45) is 0 Å². The molecule has 0 bridgehead atoms. The molecule has 2 aromatic heterocycles. The van der Waals surface area contributed by atoms with Crippen LogP contribution in [0.15, 0.2) is 223 Å². The zero-order valence-electron chi connectivity index (χ0n) is 32.1. The molecule has 0 atom stereocenters. The fourth-order valence-corrected chi connectivity index (χ4v) is 8.34. The van der Waals surface area contributed by atoms with Gasteiger partial charge in [-0.25, -0.2) is 9.97 Å². The van der Waals surface area contributed by atoms with Gasteiger partial charge in [-0.2, -0.15) is 0 Å². The summed E-state index contributed by atoms with van der Waals surface area (Å²) in [5.74, 6) is 0.680. The van der Waals surface area contributed by atoms with Gasteiger partial charge in [-0.3, -0.25) is 0 Å². The maximum Gasteiger partial charge on any atom is 0.160 e. The molecule has 276 valence electrons. The summed E-state index contributed by atoms with van der Waals surface area (Å²) in [6, 6.07) is 77.1. The summed E-state index contributed by atoms with van der Waals surface area (Å²) >= 11 is 0. The third-order valence-corrected chi connectivity index (χ3v) is 11.3. The fraction of sp³-hybridized carbons (Fsp3) is 0. The number of hydrogen-bond acceptors (Lipinski definition) is 3. The number of furan rings is 1. The number of rotatable bonds is 7. The molecule has 3 nitrogen and oxygen atoms in total. The van der Waals surface area contributed by atoms with Crippen molar-refractivity contribution in [2.75, 3.05) is 0 Å². The highest BCUT2D eigenvalue weighted by Crippen LogP contribution is 2.40. The summed E-state index contributed by atoms with van der Waals surface area (Å²) in [5, 5.41) is 4.53. The van der Waals surface area contributed by atoms with Gasteiger partial charge >= 0.3 is 0 Å². The predicted octanol–water partition coefficient (Wildman–Crippen LogP) is 15.2. The number of fused-ring (bicyclic) bond motifs is 4. The molecular formula is C56H36N2O. The first-order valence-corrected chi connectivity index (χ1v) is 20.0. The van der Waals surface area contributed by atoms with E-state index >= 15 is 0 Å². The van der Waals surface area contributed by atoms with Crippen LogP contribution in [0.3, 0.4) is 0 Å². The minimum absolute atomic E-state index is 0.680. The summed E-state index contributed by atoms with van der Waals surface area (Å²) < 4.78 is 6.23. The molecule has 0 aliphatic rings.